The Labute approximate surface area is 388 Å². The highest BCUT2D eigenvalue weighted by Crippen LogP contribution is 2.13. The van der Waals surface area contributed by atoms with Crippen molar-refractivity contribution in [3.63, 3.8) is 0 Å². The van der Waals surface area contributed by atoms with Gasteiger partial charge in [0.25, 0.3) is 0 Å². The number of carbonyl (C=O) groups excluding carboxylic acids is 3. The molecule has 1 atom stereocenters. The zero-order valence-corrected chi connectivity index (χ0v) is 41.1. The summed E-state index contributed by atoms with van der Waals surface area (Å²) in [5.74, 6) is -0.954. The maximum atomic E-state index is 12.8. The highest BCUT2D eigenvalue weighted by molar-refractivity contribution is 5.71. The second-order valence-electron chi connectivity index (χ2n) is 17.1. The minimum Gasteiger partial charge on any atom is -0.462 e. The zero-order valence-electron chi connectivity index (χ0n) is 41.1. The van der Waals surface area contributed by atoms with Crippen molar-refractivity contribution in [3.05, 3.63) is 85.1 Å². The van der Waals surface area contributed by atoms with Crippen LogP contribution in [0.1, 0.15) is 239 Å². The molecular formula is C57H96O6. The van der Waals surface area contributed by atoms with E-state index in [9.17, 15) is 14.4 Å². The summed E-state index contributed by atoms with van der Waals surface area (Å²) >= 11 is 0. The van der Waals surface area contributed by atoms with Gasteiger partial charge >= 0.3 is 17.9 Å². The third-order valence-corrected chi connectivity index (χ3v) is 10.8. The van der Waals surface area contributed by atoms with E-state index < -0.39 is 6.10 Å². The Morgan fingerprint density at radius 2 is 0.587 bits per heavy atom. The maximum Gasteiger partial charge on any atom is 0.306 e. The standard InChI is InChI=1S/C57H96O6/c1-4-7-10-13-16-19-22-25-27-28-29-30-31-33-35-38-41-44-47-50-56(59)62-53-54(52-61-55(58)49-46-43-40-37-34-24-21-18-15-12-9-6-3)63-57(60)51-48-45-42-39-36-32-26-23-20-17-14-11-8-5-2/h14,16-19,21,23,25-27,29-30,33,35,54H,4-13,15,20,22,24,28,31-32,34,36-53H2,1-3H3/b17-14-,19-16-,21-18-,26-23-,27-25-,30-29-,35-33-/t54-/m1/s1. The van der Waals surface area contributed by atoms with E-state index >= 15 is 0 Å². The second-order valence-corrected chi connectivity index (χ2v) is 17.1. The average Bonchev–Trinajstić information content (AvgIpc) is 3.28. The lowest BCUT2D eigenvalue weighted by atomic mass is 10.1. The van der Waals surface area contributed by atoms with Gasteiger partial charge in [-0.15, -0.1) is 0 Å². The Morgan fingerprint density at radius 1 is 0.317 bits per heavy atom. The molecule has 0 N–H and O–H groups in total. The molecule has 0 spiro atoms. The topological polar surface area (TPSA) is 78.9 Å². The minimum atomic E-state index is -0.800. The van der Waals surface area contributed by atoms with E-state index in [1.165, 1.54) is 77.0 Å². The molecule has 0 aromatic heterocycles. The van der Waals surface area contributed by atoms with Gasteiger partial charge in [0.2, 0.25) is 0 Å². The molecule has 63 heavy (non-hydrogen) atoms. The summed E-state index contributed by atoms with van der Waals surface area (Å²) in [5.41, 5.74) is 0. The van der Waals surface area contributed by atoms with Crippen LogP contribution < -0.4 is 0 Å². The monoisotopic (exact) mass is 877 g/mol. The number of ether oxygens (including phenoxy) is 3. The molecule has 0 radical (unpaired) electrons. The van der Waals surface area contributed by atoms with Gasteiger partial charge in [0.05, 0.1) is 0 Å². The lowest BCUT2D eigenvalue weighted by Crippen LogP contribution is -2.30. The summed E-state index contributed by atoms with van der Waals surface area (Å²) < 4.78 is 16.7. The van der Waals surface area contributed by atoms with Crippen molar-refractivity contribution >= 4 is 17.9 Å². The average molecular weight is 877 g/mol. The van der Waals surface area contributed by atoms with Crippen LogP contribution in [0.15, 0.2) is 85.1 Å². The fourth-order valence-electron chi connectivity index (χ4n) is 6.85. The van der Waals surface area contributed by atoms with Crippen LogP contribution >= 0.6 is 0 Å². The Balaban J connectivity index is 4.46. The number of allylic oxidation sites excluding steroid dienone is 14. The molecule has 6 nitrogen and oxygen atoms in total. The van der Waals surface area contributed by atoms with Crippen molar-refractivity contribution in [2.45, 2.75) is 245 Å². The first kappa shape index (κ1) is 59.6. The van der Waals surface area contributed by atoms with Gasteiger partial charge in [-0.1, -0.05) is 189 Å². The molecule has 0 aliphatic rings. The first-order valence-corrected chi connectivity index (χ1v) is 26.1. The van der Waals surface area contributed by atoms with Crippen molar-refractivity contribution < 1.29 is 28.6 Å². The molecule has 0 heterocycles. The number of unbranched alkanes of at least 4 members (excludes halogenated alkanes) is 21. The van der Waals surface area contributed by atoms with Gasteiger partial charge in [-0.25, -0.2) is 0 Å². The van der Waals surface area contributed by atoms with Crippen LogP contribution in [0.2, 0.25) is 0 Å². The first-order valence-electron chi connectivity index (χ1n) is 26.1. The van der Waals surface area contributed by atoms with Gasteiger partial charge in [0.15, 0.2) is 6.10 Å². The fourth-order valence-corrected chi connectivity index (χ4v) is 6.85. The molecule has 0 aromatic rings. The zero-order chi connectivity index (χ0) is 45.8. The number of hydrogen-bond acceptors (Lipinski definition) is 6. The van der Waals surface area contributed by atoms with Gasteiger partial charge in [-0.05, 0) is 116 Å². The Hall–Kier alpha value is -3.41. The van der Waals surface area contributed by atoms with Gasteiger partial charge in [-0.3, -0.25) is 14.4 Å². The molecule has 360 valence electrons. The van der Waals surface area contributed by atoms with Crippen LogP contribution in [0.4, 0.5) is 0 Å². The Bertz CT molecular complexity index is 1240. The summed E-state index contributed by atoms with van der Waals surface area (Å²) in [5, 5.41) is 0. The first-order chi connectivity index (χ1) is 31.0. The van der Waals surface area contributed by atoms with E-state index in [-0.39, 0.29) is 31.1 Å². The summed E-state index contributed by atoms with van der Waals surface area (Å²) in [4.78, 5) is 38.0. The minimum absolute atomic E-state index is 0.0977. The number of hydrogen-bond donors (Lipinski definition) is 0. The predicted octanol–water partition coefficient (Wildman–Crippen LogP) is 17.2. The fraction of sp³-hybridized carbons (Fsp3) is 0.702. The van der Waals surface area contributed by atoms with E-state index in [1.807, 2.05) is 0 Å². The molecule has 0 aliphatic heterocycles. The Morgan fingerprint density at radius 3 is 0.968 bits per heavy atom. The molecule has 0 bridgehead atoms. The van der Waals surface area contributed by atoms with Gasteiger partial charge in [0, 0.05) is 19.3 Å². The third kappa shape index (κ3) is 49.5. The molecule has 0 rings (SSSR count). The van der Waals surface area contributed by atoms with Crippen LogP contribution in [0.3, 0.4) is 0 Å². The molecule has 0 aromatic carbocycles. The summed E-state index contributed by atoms with van der Waals surface area (Å²) in [6, 6.07) is 0. The van der Waals surface area contributed by atoms with E-state index in [4.69, 9.17) is 14.2 Å². The number of carbonyl (C=O) groups is 3. The second kappa shape index (κ2) is 51.2. The van der Waals surface area contributed by atoms with Crippen molar-refractivity contribution in [1.29, 1.82) is 0 Å². The van der Waals surface area contributed by atoms with Crippen molar-refractivity contribution in [2.75, 3.05) is 13.2 Å². The number of rotatable bonds is 46. The summed E-state index contributed by atoms with van der Waals surface area (Å²) in [7, 11) is 0. The largest absolute Gasteiger partial charge is 0.462 e. The molecule has 6 heteroatoms. The molecule has 0 saturated heterocycles. The molecule has 0 fully saturated rings. The van der Waals surface area contributed by atoms with E-state index in [0.717, 1.165) is 122 Å². The molecule has 0 amide bonds. The van der Waals surface area contributed by atoms with Crippen LogP contribution in [-0.2, 0) is 28.6 Å². The summed E-state index contributed by atoms with van der Waals surface area (Å²) in [6.45, 7) is 6.49. The molecule has 0 aliphatic carbocycles. The van der Waals surface area contributed by atoms with Crippen molar-refractivity contribution in [1.82, 2.24) is 0 Å². The van der Waals surface area contributed by atoms with Crippen LogP contribution in [0, 0.1) is 0 Å². The van der Waals surface area contributed by atoms with Crippen LogP contribution in [0.5, 0.6) is 0 Å². The normalized spacial score (nSPS) is 12.7. The number of esters is 3. The van der Waals surface area contributed by atoms with E-state index in [0.29, 0.717) is 19.3 Å². The lowest BCUT2D eigenvalue weighted by molar-refractivity contribution is -0.167. The summed E-state index contributed by atoms with van der Waals surface area (Å²) in [6.07, 6.45) is 65.6. The van der Waals surface area contributed by atoms with Crippen molar-refractivity contribution in [2.24, 2.45) is 0 Å². The SMILES string of the molecule is CCCC/C=C\C/C=C\CCCCCCCC(=O)O[C@@H](COC(=O)CCCCC/C=C\C/C=C\C/C=C\C/C=C\CCCCC)COC(=O)CCCCCCC/C=C\CCCCC. The van der Waals surface area contributed by atoms with Crippen LogP contribution in [-0.4, -0.2) is 37.2 Å². The van der Waals surface area contributed by atoms with Gasteiger partial charge < -0.3 is 14.2 Å². The van der Waals surface area contributed by atoms with Gasteiger partial charge in [0.1, 0.15) is 13.2 Å². The lowest BCUT2D eigenvalue weighted by Gasteiger charge is -2.18. The molecular weight excluding hydrogens is 781 g/mol. The maximum absolute atomic E-state index is 12.8. The molecule has 0 saturated carbocycles. The highest BCUT2D eigenvalue weighted by atomic mass is 16.6. The quantitative estimate of drug-likeness (QED) is 0.0262. The van der Waals surface area contributed by atoms with E-state index in [2.05, 4.69) is 106 Å². The molecule has 0 unspecified atom stereocenters. The predicted molar refractivity (Wildman–Crippen MR) is 270 cm³/mol. The van der Waals surface area contributed by atoms with Crippen molar-refractivity contribution in [3.8, 4) is 0 Å². The smallest absolute Gasteiger partial charge is 0.306 e. The third-order valence-electron chi connectivity index (χ3n) is 10.8. The Kier molecular flexibility index (Phi) is 48.5. The van der Waals surface area contributed by atoms with Crippen LogP contribution in [0.25, 0.3) is 0 Å². The van der Waals surface area contributed by atoms with E-state index in [1.54, 1.807) is 0 Å². The highest BCUT2D eigenvalue weighted by Gasteiger charge is 2.19. The van der Waals surface area contributed by atoms with Gasteiger partial charge in [-0.2, -0.15) is 0 Å².